The lowest BCUT2D eigenvalue weighted by Gasteiger charge is -2.25. The quantitative estimate of drug-likeness (QED) is 0.364. The molecule has 0 aromatic carbocycles. The SMILES string of the molecule is CCCCCCCCCCCCCOC(=O)C1CCCCC1O. The summed E-state index contributed by atoms with van der Waals surface area (Å²) in [5.74, 6) is -0.444. The van der Waals surface area contributed by atoms with Gasteiger partial charge in [-0.25, -0.2) is 0 Å². The third-order valence-electron chi connectivity index (χ3n) is 5.02. The van der Waals surface area contributed by atoms with E-state index < -0.39 is 6.10 Å². The van der Waals surface area contributed by atoms with E-state index in [-0.39, 0.29) is 11.9 Å². The Hall–Kier alpha value is -0.570. The van der Waals surface area contributed by atoms with Crippen LogP contribution in [0.4, 0.5) is 0 Å². The maximum atomic E-state index is 11.9. The topological polar surface area (TPSA) is 46.5 Å². The normalized spacial score (nSPS) is 21.3. The van der Waals surface area contributed by atoms with Gasteiger partial charge in [0, 0.05) is 0 Å². The molecule has 1 aliphatic carbocycles. The van der Waals surface area contributed by atoms with Gasteiger partial charge in [-0.3, -0.25) is 4.79 Å². The number of hydrogen-bond acceptors (Lipinski definition) is 3. The zero-order valence-corrected chi connectivity index (χ0v) is 15.2. The molecule has 1 fully saturated rings. The molecular weight excluding hydrogens is 288 g/mol. The van der Waals surface area contributed by atoms with Gasteiger partial charge >= 0.3 is 5.97 Å². The molecule has 1 aliphatic rings. The van der Waals surface area contributed by atoms with E-state index in [0.717, 1.165) is 38.5 Å². The maximum Gasteiger partial charge on any atom is 0.311 e. The van der Waals surface area contributed by atoms with Gasteiger partial charge in [0.1, 0.15) is 0 Å². The van der Waals surface area contributed by atoms with Crippen LogP contribution < -0.4 is 0 Å². The molecule has 136 valence electrons. The van der Waals surface area contributed by atoms with Crippen molar-refractivity contribution in [3.63, 3.8) is 0 Å². The minimum Gasteiger partial charge on any atom is -0.465 e. The average molecular weight is 327 g/mol. The predicted octanol–water partition coefficient (Wildman–Crippen LogP) is 5.39. The molecule has 0 radical (unpaired) electrons. The van der Waals surface area contributed by atoms with Gasteiger partial charge in [-0.15, -0.1) is 0 Å². The Kier molecular flexibility index (Phi) is 12.3. The summed E-state index contributed by atoms with van der Waals surface area (Å²) in [4.78, 5) is 11.9. The summed E-state index contributed by atoms with van der Waals surface area (Å²) in [5.41, 5.74) is 0. The van der Waals surface area contributed by atoms with Crippen LogP contribution in [0.25, 0.3) is 0 Å². The summed E-state index contributed by atoms with van der Waals surface area (Å²) in [5, 5.41) is 9.83. The summed E-state index contributed by atoms with van der Waals surface area (Å²) in [6.45, 7) is 2.79. The zero-order valence-electron chi connectivity index (χ0n) is 15.2. The van der Waals surface area contributed by atoms with Gasteiger partial charge in [0.25, 0.3) is 0 Å². The van der Waals surface area contributed by atoms with Gasteiger partial charge in [-0.1, -0.05) is 84.0 Å². The summed E-state index contributed by atoms with van der Waals surface area (Å²) >= 11 is 0. The first kappa shape index (κ1) is 20.5. The number of unbranched alkanes of at least 4 members (excludes halogenated alkanes) is 10. The van der Waals surface area contributed by atoms with Crippen molar-refractivity contribution in [2.75, 3.05) is 6.61 Å². The minimum absolute atomic E-state index is 0.177. The molecule has 3 heteroatoms. The zero-order chi connectivity index (χ0) is 16.8. The highest BCUT2D eigenvalue weighted by Gasteiger charge is 2.30. The highest BCUT2D eigenvalue weighted by atomic mass is 16.5. The molecule has 0 amide bonds. The molecule has 0 aromatic rings. The van der Waals surface area contributed by atoms with Crippen molar-refractivity contribution in [1.82, 2.24) is 0 Å². The fourth-order valence-electron chi connectivity index (χ4n) is 3.43. The molecule has 2 atom stereocenters. The van der Waals surface area contributed by atoms with Crippen LogP contribution in [0.2, 0.25) is 0 Å². The van der Waals surface area contributed by atoms with Gasteiger partial charge in [-0.05, 0) is 19.3 Å². The number of hydrogen-bond donors (Lipinski definition) is 1. The Balaban J connectivity index is 1.85. The van der Waals surface area contributed by atoms with Crippen molar-refractivity contribution in [2.45, 2.75) is 109 Å². The first-order chi connectivity index (χ1) is 11.3. The number of carbonyl (C=O) groups excluding carboxylic acids is 1. The van der Waals surface area contributed by atoms with Crippen molar-refractivity contribution in [2.24, 2.45) is 5.92 Å². The molecule has 1 saturated carbocycles. The average Bonchev–Trinajstić information content (AvgIpc) is 2.56. The maximum absolute atomic E-state index is 11.9. The second-order valence-electron chi connectivity index (χ2n) is 7.16. The molecule has 1 N–H and O–H groups in total. The van der Waals surface area contributed by atoms with E-state index in [1.807, 2.05) is 0 Å². The van der Waals surface area contributed by atoms with Crippen LogP contribution in [0.5, 0.6) is 0 Å². The minimum atomic E-state index is -0.478. The largest absolute Gasteiger partial charge is 0.465 e. The van der Waals surface area contributed by atoms with Gasteiger partial charge in [0.15, 0.2) is 0 Å². The number of carbonyl (C=O) groups is 1. The van der Waals surface area contributed by atoms with E-state index in [0.29, 0.717) is 6.61 Å². The smallest absolute Gasteiger partial charge is 0.311 e. The van der Waals surface area contributed by atoms with E-state index in [1.54, 1.807) is 0 Å². The summed E-state index contributed by atoms with van der Waals surface area (Å²) in [6, 6.07) is 0. The molecule has 0 heterocycles. The van der Waals surface area contributed by atoms with Gasteiger partial charge in [0.05, 0.1) is 18.6 Å². The fraction of sp³-hybridized carbons (Fsp3) is 0.950. The van der Waals surface area contributed by atoms with Gasteiger partial charge in [-0.2, -0.15) is 0 Å². The molecule has 2 unspecified atom stereocenters. The molecular formula is C20H38O3. The molecule has 0 spiro atoms. The van der Waals surface area contributed by atoms with Crippen LogP contribution in [0, 0.1) is 5.92 Å². The number of ether oxygens (including phenoxy) is 1. The van der Waals surface area contributed by atoms with Crippen LogP contribution in [0.1, 0.15) is 103 Å². The lowest BCUT2D eigenvalue weighted by Crippen LogP contribution is -2.32. The Morgan fingerprint density at radius 3 is 1.96 bits per heavy atom. The Morgan fingerprint density at radius 1 is 0.870 bits per heavy atom. The van der Waals surface area contributed by atoms with Gasteiger partial charge in [0.2, 0.25) is 0 Å². The van der Waals surface area contributed by atoms with Crippen molar-refractivity contribution in [3.05, 3.63) is 0 Å². The van der Waals surface area contributed by atoms with E-state index in [1.165, 1.54) is 57.8 Å². The number of esters is 1. The van der Waals surface area contributed by atoms with Crippen LogP contribution in [0.15, 0.2) is 0 Å². The van der Waals surface area contributed by atoms with Crippen molar-refractivity contribution in [1.29, 1.82) is 0 Å². The Bertz CT molecular complexity index is 291. The highest BCUT2D eigenvalue weighted by Crippen LogP contribution is 2.25. The number of aliphatic hydroxyl groups is 1. The molecule has 0 bridgehead atoms. The lowest BCUT2D eigenvalue weighted by molar-refractivity contribution is -0.154. The van der Waals surface area contributed by atoms with Crippen molar-refractivity contribution >= 4 is 5.97 Å². The summed E-state index contributed by atoms with van der Waals surface area (Å²) in [7, 11) is 0. The molecule has 0 aliphatic heterocycles. The monoisotopic (exact) mass is 326 g/mol. The number of rotatable bonds is 13. The second-order valence-corrected chi connectivity index (χ2v) is 7.16. The van der Waals surface area contributed by atoms with Crippen molar-refractivity contribution in [3.8, 4) is 0 Å². The standard InChI is InChI=1S/C20H38O3/c1-2-3-4-5-6-7-8-9-10-11-14-17-23-20(22)18-15-12-13-16-19(18)21/h18-19,21H,2-17H2,1H3. The van der Waals surface area contributed by atoms with Crippen LogP contribution in [-0.4, -0.2) is 23.8 Å². The van der Waals surface area contributed by atoms with E-state index in [9.17, 15) is 9.90 Å². The molecule has 3 nitrogen and oxygen atoms in total. The fourth-order valence-corrected chi connectivity index (χ4v) is 3.43. The van der Waals surface area contributed by atoms with Crippen molar-refractivity contribution < 1.29 is 14.6 Å². The molecule has 23 heavy (non-hydrogen) atoms. The van der Waals surface area contributed by atoms with Gasteiger partial charge < -0.3 is 9.84 Å². The molecule has 0 saturated heterocycles. The first-order valence-corrected chi connectivity index (χ1v) is 10.1. The Labute approximate surface area is 143 Å². The van der Waals surface area contributed by atoms with Crippen LogP contribution in [0.3, 0.4) is 0 Å². The summed E-state index contributed by atoms with van der Waals surface area (Å²) in [6.07, 6.45) is 17.4. The first-order valence-electron chi connectivity index (χ1n) is 10.1. The lowest BCUT2D eigenvalue weighted by atomic mass is 9.87. The highest BCUT2D eigenvalue weighted by molar-refractivity contribution is 5.73. The molecule has 1 rings (SSSR count). The molecule has 0 aromatic heterocycles. The second kappa shape index (κ2) is 13.8. The van der Waals surface area contributed by atoms with Crippen LogP contribution in [-0.2, 0) is 9.53 Å². The van der Waals surface area contributed by atoms with E-state index in [2.05, 4.69) is 6.92 Å². The third kappa shape index (κ3) is 10.0. The third-order valence-corrected chi connectivity index (χ3v) is 5.02. The predicted molar refractivity (Wildman–Crippen MR) is 95.4 cm³/mol. The summed E-state index contributed by atoms with van der Waals surface area (Å²) < 4.78 is 5.34. The number of aliphatic hydroxyl groups excluding tert-OH is 1. The van der Waals surface area contributed by atoms with E-state index in [4.69, 9.17) is 4.74 Å². The Morgan fingerprint density at radius 2 is 1.39 bits per heavy atom. The van der Waals surface area contributed by atoms with Crippen LogP contribution >= 0.6 is 0 Å². The van der Waals surface area contributed by atoms with E-state index >= 15 is 0 Å².